The van der Waals surface area contributed by atoms with Crippen molar-refractivity contribution in [2.75, 3.05) is 6.61 Å². The van der Waals surface area contributed by atoms with Crippen molar-refractivity contribution in [1.82, 2.24) is 14.3 Å². The molecule has 2 atom stereocenters. The van der Waals surface area contributed by atoms with E-state index in [0.29, 0.717) is 6.61 Å². The van der Waals surface area contributed by atoms with Gasteiger partial charge in [0.05, 0.1) is 12.4 Å². The largest absolute Gasteiger partial charge is 0.377 e. The predicted molar refractivity (Wildman–Crippen MR) is 67.0 cm³/mol. The van der Waals surface area contributed by atoms with Crippen LogP contribution in [0.4, 0.5) is 0 Å². The van der Waals surface area contributed by atoms with Gasteiger partial charge >= 0.3 is 0 Å². The Morgan fingerprint density at radius 3 is 2.89 bits per heavy atom. The molecule has 6 nitrogen and oxygen atoms in total. The molecule has 0 aliphatic carbocycles. The minimum absolute atomic E-state index is 0.0812. The van der Waals surface area contributed by atoms with Gasteiger partial charge in [-0.3, -0.25) is 0 Å². The third-order valence-electron chi connectivity index (χ3n) is 2.95. The van der Waals surface area contributed by atoms with Gasteiger partial charge in [-0.25, -0.2) is 18.1 Å². The summed E-state index contributed by atoms with van der Waals surface area (Å²) in [6, 6.07) is -0.296. The number of hydrogen-bond acceptors (Lipinski definition) is 4. The van der Waals surface area contributed by atoms with Crippen molar-refractivity contribution >= 4 is 21.6 Å². The van der Waals surface area contributed by atoms with Crippen molar-refractivity contribution in [3.05, 3.63) is 11.5 Å². The van der Waals surface area contributed by atoms with Crippen LogP contribution in [0.2, 0.25) is 5.15 Å². The fourth-order valence-corrected chi connectivity index (χ4v) is 3.65. The van der Waals surface area contributed by atoms with Gasteiger partial charge in [0.1, 0.15) is 5.15 Å². The molecule has 2 rings (SSSR count). The molecule has 1 aromatic heterocycles. The second-order valence-corrected chi connectivity index (χ2v) is 6.40. The van der Waals surface area contributed by atoms with Crippen LogP contribution < -0.4 is 4.72 Å². The average molecular weight is 294 g/mol. The van der Waals surface area contributed by atoms with Gasteiger partial charge in [0.25, 0.3) is 10.0 Å². The number of ether oxygens (including phenoxy) is 1. The van der Waals surface area contributed by atoms with Crippen molar-refractivity contribution in [3.63, 3.8) is 0 Å². The smallest absolute Gasteiger partial charge is 0.261 e. The lowest BCUT2D eigenvalue weighted by molar-refractivity contribution is 0.0902. The Hall–Kier alpha value is -0.630. The summed E-state index contributed by atoms with van der Waals surface area (Å²) < 4.78 is 33.7. The zero-order valence-corrected chi connectivity index (χ0v) is 11.8. The molecule has 0 aromatic carbocycles. The molecule has 0 bridgehead atoms. The van der Waals surface area contributed by atoms with Gasteiger partial charge in [0.2, 0.25) is 5.03 Å². The third kappa shape index (κ3) is 2.69. The number of sulfonamides is 1. The Bertz CT molecular complexity index is 522. The van der Waals surface area contributed by atoms with E-state index in [1.807, 2.05) is 0 Å². The van der Waals surface area contributed by atoms with Gasteiger partial charge in [-0.15, -0.1) is 0 Å². The summed E-state index contributed by atoms with van der Waals surface area (Å²) in [6.07, 6.45) is 3.11. The summed E-state index contributed by atoms with van der Waals surface area (Å²) >= 11 is 5.89. The number of halogens is 1. The number of nitrogens with zero attached hydrogens (tertiary/aromatic N) is 2. The van der Waals surface area contributed by atoms with Crippen molar-refractivity contribution in [3.8, 4) is 0 Å². The van der Waals surface area contributed by atoms with Crippen LogP contribution in [0.1, 0.15) is 19.8 Å². The minimum atomic E-state index is -3.70. The molecule has 1 N–H and O–H groups in total. The average Bonchev–Trinajstić information content (AvgIpc) is 2.89. The van der Waals surface area contributed by atoms with E-state index >= 15 is 0 Å². The van der Waals surface area contributed by atoms with E-state index in [9.17, 15) is 8.42 Å². The molecule has 8 heteroatoms. The van der Waals surface area contributed by atoms with Crippen LogP contribution in [0, 0.1) is 0 Å². The molecule has 0 spiro atoms. The summed E-state index contributed by atoms with van der Waals surface area (Å²) in [5, 5.41) is -0.0430. The van der Waals surface area contributed by atoms with Crippen LogP contribution in [-0.4, -0.2) is 36.7 Å². The van der Waals surface area contributed by atoms with Crippen molar-refractivity contribution in [2.45, 2.75) is 36.9 Å². The first kappa shape index (κ1) is 13.8. The van der Waals surface area contributed by atoms with Crippen LogP contribution in [0.3, 0.4) is 0 Å². The van der Waals surface area contributed by atoms with Crippen LogP contribution in [0.5, 0.6) is 0 Å². The second kappa shape index (κ2) is 5.16. The monoisotopic (exact) mass is 293 g/mol. The summed E-state index contributed by atoms with van der Waals surface area (Å²) in [7, 11) is -2.06. The lowest BCUT2D eigenvalue weighted by Crippen LogP contribution is -2.41. The molecule has 1 aliphatic rings. The van der Waals surface area contributed by atoms with E-state index in [2.05, 4.69) is 9.71 Å². The van der Waals surface area contributed by atoms with Gasteiger partial charge < -0.3 is 9.30 Å². The summed E-state index contributed by atoms with van der Waals surface area (Å²) in [5.41, 5.74) is 0. The van der Waals surface area contributed by atoms with Crippen LogP contribution in [-0.2, 0) is 21.8 Å². The molecule has 0 radical (unpaired) electrons. The number of aromatic nitrogens is 2. The third-order valence-corrected chi connectivity index (χ3v) is 5.00. The number of hydrogen-bond donors (Lipinski definition) is 1. The highest BCUT2D eigenvalue weighted by Gasteiger charge is 2.29. The van der Waals surface area contributed by atoms with Crippen LogP contribution in [0.25, 0.3) is 0 Å². The number of aryl methyl sites for hydroxylation is 1. The molecular weight excluding hydrogens is 278 g/mol. The lowest BCUT2D eigenvalue weighted by Gasteiger charge is -2.19. The van der Waals surface area contributed by atoms with Crippen LogP contribution >= 0.6 is 11.6 Å². The van der Waals surface area contributed by atoms with Crippen molar-refractivity contribution in [1.29, 1.82) is 0 Å². The number of rotatable bonds is 4. The molecule has 1 aliphatic heterocycles. The normalized spacial score (nSPS) is 22.3. The quantitative estimate of drug-likeness (QED) is 0.896. The first-order chi connectivity index (χ1) is 8.42. The molecule has 102 valence electrons. The SMILES string of the molecule is C[C@H](NS(=O)(=O)c1ncn(C)c1Cl)[C@@H]1CCCO1. The molecule has 0 saturated carbocycles. The van der Waals surface area contributed by atoms with E-state index in [4.69, 9.17) is 16.3 Å². The summed E-state index contributed by atoms with van der Waals surface area (Å²) in [4.78, 5) is 3.81. The van der Waals surface area contributed by atoms with Gasteiger partial charge in [-0.1, -0.05) is 11.6 Å². The Kier molecular flexibility index (Phi) is 3.96. The van der Waals surface area contributed by atoms with E-state index in [1.54, 1.807) is 14.0 Å². The highest BCUT2D eigenvalue weighted by Crippen LogP contribution is 2.21. The van der Waals surface area contributed by atoms with Gasteiger partial charge in [-0.05, 0) is 19.8 Å². The summed E-state index contributed by atoms with van der Waals surface area (Å²) in [5.74, 6) is 0. The molecular formula is C10H16ClN3O3S. The van der Waals surface area contributed by atoms with Crippen molar-refractivity contribution < 1.29 is 13.2 Å². The first-order valence-electron chi connectivity index (χ1n) is 5.72. The molecule has 1 saturated heterocycles. The maximum atomic E-state index is 12.1. The highest BCUT2D eigenvalue weighted by molar-refractivity contribution is 7.89. The maximum Gasteiger partial charge on any atom is 0.261 e. The maximum absolute atomic E-state index is 12.1. The zero-order chi connectivity index (χ0) is 13.3. The lowest BCUT2D eigenvalue weighted by atomic mass is 10.1. The predicted octanol–water partition coefficient (Wildman–Crippen LogP) is 0.919. The van der Waals surface area contributed by atoms with Crippen LogP contribution in [0.15, 0.2) is 11.4 Å². The Morgan fingerprint density at radius 2 is 2.39 bits per heavy atom. The topological polar surface area (TPSA) is 73.2 Å². The molecule has 0 amide bonds. The summed E-state index contributed by atoms with van der Waals surface area (Å²) in [6.45, 7) is 2.46. The molecule has 2 heterocycles. The van der Waals surface area contributed by atoms with E-state index < -0.39 is 10.0 Å². The molecule has 1 fully saturated rings. The van der Waals surface area contributed by atoms with E-state index in [1.165, 1.54) is 10.9 Å². The molecule has 18 heavy (non-hydrogen) atoms. The van der Waals surface area contributed by atoms with E-state index in [0.717, 1.165) is 12.8 Å². The minimum Gasteiger partial charge on any atom is -0.377 e. The number of imidazole rings is 1. The molecule has 0 unspecified atom stereocenters. The Balaban J connectivity index is 2.14. The number of nitrogens with one attached hydrogen (secondary N) is 1. The second-order valence-electron chi connectivity index (χ2n) is 4.41. The van der Waals surface area contributed by atoms with Gasteiger partial charge in [0, 0.05) is 19.7 Å². The van der Waals surface area contributed by atoms with Crippen molar-refractivity contribution in [2.24, 2.45) is 7.05 Å². The highest BCUT2D eigenvalue weighted by atomic mass is 35.5. The van der Waals surface area contributed by atoms with Gasteiger partial charge in [0.15, 0.2) is 0 Å². The standard InChI is InChI=1S/C10H16ClN3O3S/c1-7(8-4-3-5-17-8)13-18(15,16)10-9(11)14(2)6-12-10/h6-8,13H,3-5H2,1-2H3/t7-,8-/m0/s1. The fraction of sp³-hybridized carbons (Fsp3) is 0.700. The fourth-order valence-electron chi connectivity index (χ4n) is 1.95. The Morgan fingerprint density at radius 1 is 1.67 bits per heavy atom. The molecule has 1 aromatic rings. The Labute approximate surface area is 111 Å². The zero-order valence-electron chi connectivity index (χ0n) is 10.3. The van der Waals surface area contributed by atoms with E-state index in [-0.39, 0.29) is 22.3 Å². The first-order valence-corrected chi connectivity index (χ1v) is 7.58. The van der Waals surface area contributed by atoms with Gasteiger partial charge in [-0.2, -0.15) is 0 Å².